The minimum atomic E-state index is -0.0953. The zero-order valence-electron chi connectivity index (χ0n) is 7.04. The van der Waals surface area contributed by atoms with Crippen LogP contribution in [-0.4, -0.2) is 10.2 Å². The van der Waals surface area contributed by atoms with Gasteiger partial charge in [-0.3, -0.25) is 0 Å². The highest BCUT2D eigenvalue weighted by molar-refractivity contribution is 5.65. The smallest absolute Gasteiger partial charge is 0.157 e. The van der Waals surface area contributed by atoms with Crippen molar-refractivity contribution in [2.24, 2.45) is 0 Å². The topological polar surface area (TPSA) is 40.5 Å². The number of benzene rings is 1. The van der Waals surface area contributed by atoms with Crippen LogP contribution in [0.1, 0.15) is 18.9 Å². The Morgan fingerprint density at radius 1 is 1.33 bits per heavy atom. The molecule has 12 heavy (non-hydrogen) atoms. The number of hydrogen-bond acceptors (Lipinski definition) is 2. The van der Waals surface area contributed by atoms with Crippen LogP contribution in [0.5, 0.6) is 11.5 Å². The lowest BCUT2D eigenvalue weighted by molar-refractivity contribution is 0.403. The molecule has 64 valence electrons. The summed E-state index contributed by atoms with van der Waals surface area (Å²) in [5, 5.41) is 18.2. The SMILES string of the molecule is C=C(CC)c1ccc(O)c(O)c1. The quantitative estimate of drug-likeness (QED) is 0.659. The molecule has 0 aliphatic heterocycles. The summed E-state index contributed by atoms with van der Waals surface area (Å²) in [6.45, 7) is 5.81. The van der Waals surface area contributed by atoms with Crippen LogP contribution in [-0.2, 0) is 0 Å². The maximum atomic E-state index is 9.15. The Bertz CT molecular complexity index is 303. The van der Waals surface area contributed by atoms with Crippen LogP contribution in [0.25, 0.3) is 5.57 Å². The monoisotopic (exact) mass is 164 g/mol. The van der Waals surface area contributed by atoms with E-state index >= 15 is 0 Å². The van der Waals surface area contributed by atoms with Crippen LogP contribution >= 0.6 is 0 Å². The molecule has 1 rings (SSSR count). The number of allylic oxidation sites excluding steroid dienone is 1. The molecule has 2 heteroatoms. The number of rotatable bonds is 2. The Morgan fingerprint density at radius 2 is 2.00 bits per heavy atom. The van der Waals surface area contributed by atoms with Crippen molar-refractivity contribution in [3.63, 3.8) is 0 Å². The van der Waals surface area contributed by atoms with Crippen molar-refractivity contribution < 1.29 is 10.2 Å². The van der Waals surface area contributed by atoms with Gasteiger partial charge in [-0.05, 0) is 29.7 Å². The van der Waals surface area contributed by atoms with E-state index in [9.17, 15) is 0 Å². The molecule has 0 unspecified atom stereocenters. The van der Waals surface area contributed by atoms with E-state index in [1.54, 1.807) is 6.07 Å². The number of hydrogen-bond donors (Lipinski definition) is 2. The minimum Gasteiger partial charge on any atom is -0.504 e. The van der Waals surface area contributed by atoms with Gasteiger partial charge in [-0.15, -0.1) is 0 Å². The molecule has 2 N–H and O–H groups in total. The van der Waals surface area contributed by atoms with Gasteiger partial charge in [-0.2, -0.15) is 0 Å². The van der Waals surface area contributed by atoms with E-state index in [0.717, 1.165) is 17.6 Å². The molecule has 0 aromatic heterocycles. The Balaban J connectivity index is 3.05. The van der Waals surface area contributed by atoms with Gasteiger partial charge in [0.2, 0.25) is 0 Å². The number of phenols is 2. The van der Waals surface area contributed by atoms with Crippen molar-refractivity contribution in [2.45, 2.75) is 13.3 Å². The van der Waals surface area contributed by atoms with E-state index < -0.39 is 0 Å². The van der Waals surface area contributed by atoms with Gasteiger partial charge >= 0.3 is 0 Å². The second-order valence-electron chi connectivity index (χ2n) is 2.66. The molecule has 0 amide bonds. The highest BCUT2D eigenvalue weighted by Crippen LogP contribution is 2.28. The first-order valence-corrected chi connectivity index (χ1v) is 3.85. The molecule has 0 atom stereocenters. The zero-order valence-corrected chi connectivity index (χ0v) is 7.04. The van der Waals surface area contributed by atoms with Gasteiger partial charge < -0.3 is 10.2 Å². The van der Waals surface area contributed by atoms with Crippen molar-refractivity contribution in [1.82, 2.24) is 0 Å². The van der Waals surface area contributed by atoms with Crippen LogP contribution in [0.2, 0.25) is 0 Å². The van der Waals surface area contributed by atoms with E-state index in [1.807, 2.05) is 6.92 Å². The number of aromatic hydroxyl groups is 2. The highest BCUT2D eigenvalue weighted by Gasteiger charge is 2.01. The summed E-state index contributed by atoms with van der Waals surface area (Å²) >= 11 is 0. The molecule has 0 saturated carbocycles. The zero-order chi connectivity index (χ0) is 9.14. The third kappa shape index (κ3) is 1.59. The molecular weight excluding hydrogens is 152 g/mol. The lowest BCUT2D eigenvalue weighted by Gasteiger charge is -2.03. The third-order valence-electron chi connectivity index (χ3n) is 1.81. The van der Waals surface area contributed by atoms with Crippen LogP contribution < -0.4 is 0 Å². The molecule has 0 aliphatic carbocycles. The predicted octanol–water partition coefficient (Wildman–Crippen LogP) is 2.52. The largest absolute Gasteiger partial charge is 0.504 e. The van der Waals surface area contributed by atoms with Gasteiger partial charge in [0.05, 0.1) is 0 Å². The van der Waals surface area contributed by atoms with Crippen molar-refractivity contribution in [3.8, 4) is 11.5 Å². The molecule has 1 aromatic rings. The maximum Gasteiger partial charge on any atom is 0.157 e. The van der Waals surface area contributed by atoms with Gasteiger partial charge in [0, 0.05) is 0 Å². The summed E-state index contributed by atoms with van der Waals surface area (Å²) in [5.41, 5.74) is 1.82. The van der Waals surface area contributed by atoms with Crippen molar-refractivity contribution in [2.75, 3.05) is 0 Å². The molecule has 0 saturated heterocycles. The van der Waals surface area contributed by atoms with Gasteiger partial charge in [0.15, 0.2) is 11.5 Å². The van der Waals surface area contributed by atoms with Gasteiger partial charge in [-0.1, -0.05) is 19.6 Å². The van der Waals surface area contributed by atoms with Crippen molar-refractivity contribution >= 4 is 5.57 Å². The van der Waals surface area contributed by atoms with E-state index in [-0.39, 0.29) is 11.5 Å². The minimum absolute atomic E-state index is 0.0948. The molecule has 2 nitrogen and oxygen atoms in total. The lowest BCUT2D eigenvalue weighted by atomic mass is 10.1. The van der Waals surface area contributed by atoms with E-state index in [2.05, 4.69) is 6.58 Å². The second kappa shape index (κ2) is 3.30. The highest BCUT2D eigenvalue weighted by atomic mass is 16.3. The fourth-order valence-electron chi connectivity index (χ4n) is 0.947. The first kappa shape index (κ1) is 8.65. The Hall–Kier alpha value is -1.44. The first-order valence-electron chi connectivity index (χ1n) is 3.85. The summed E-state index contributed by atoms with van der Waals surface area (Å²) in [7, 11) is 0. The predicted molar refractivity (Wildman–Crippen MR) is 49.1 cm³/mol. The van der Waals surface area contributed by atoms with Gasteiger partial charge in [-0.25, -0.2) is 0 Å². The standard InChI is InChI=1S/C10H12O2/c1-3-7(2)8-4-5-9(11)10(12)6-8/h4-6,11-12H,2-3H2,1H3. The fraction of sp³-hybridized carbons (Fsp3) is 0.200. The molecule has 0 radical (unpaired) electrons. The Labute approximate surface area is 71.8 Å². The van der Waals surface area contributed by atoms with E-state index in [1.165, 1.54) is 12.1 Å². The van der Waals surface area contributed by atoms with Crippen LogP contribution in [0.15, 0.2) is 24.8 Å². The average molecular weight is 164 g/mol. The lowest BCUT2D eigenvalue weighted by Crippen LogP contribution is -1.80. The van der Waals surface area contributed by atoms with Gasteiger partial charge in [0.25, 0.3) is 0 Å². The molecule has 0 fully saturated rings. The summed E-state index contributed by atoms with van der Waals surface area (Å²) in [6, 6.07) is 4.72. The average Bonchev–Trinajstić information content (AvgIpc) is 2.08. The molecule has 0 heterocycles. The van der Waals surface area contributed by atoms with Crippen LogP contribution in [0, 0.1) is 0 Å². The summed E-state index contributed by atoms with van der Waals surface area (Å²) in [5.74, 6) is -0.190. The van der Waals surface area contributed by atoms with Crippen LogP contribution in [0.3, 0.4) is 0 Å². The molecule has 0 bridgehead atoms. The first-order chi connectivity index (χ1) is 5.65. The van der Waals surface area contributed by atoms with Crippen molar-refractivity contribution in [3.05, 3.63) is 30.3 Å². The van der Waals surface area contributed by atoms with E-state index in [4.69, 9.17) is 10.2 Å². The van der Waals surface area contributed by atoms with E-state index in [0.29, 0.717) is 0 Å². The summed E-state index contributed by atoms with van der Waals surface area (Å²) in [6.07, 6.45) is 0.838. The number of phenolic OH excluding ortho intramolecular Hbond substituents is 2. The normalized spacial score (nSPS) is 9.75. The second-order valence-corrected chi connectivity index (χ2v) is 2.66. The summed E-state index contributed by atoms with van der Waals surface area (Å²) in [4.78, 5) is 0. The fourth-order valence-corrected chi connectivity index (χ4v) is 0.947. The third-order valence-corrected chi connectivity index (χ3v) is 1.81. The molecule has 1 aromatic carbocycles. The Kier molecular flexibility index (Phi) is 2.38. The Morgan fingerprint density at radius 3 is 2.50 bits per heavy atom. The van der Waals surface area contributed by atoms with Crippen LogP contribution in [0.4, 0.5) is 0 Å². The van der Waals surface area contributed by atoms with Crippen molar-refractivity contribution in [1.29, 1.82) is 0 Å². The maximum absolute atomic E-state index is 9.15. The molecular formula is C10H12O2. The summed E-state index contributed by atoms with van der Waals surface area (Å²) < 4.78 is 0. The molecule has 0 spiro atoms. The molecule has 0 aliphatic rings. The van der Waals surface area contributed by atoms with Gasteiger partial charge in [0.1, 0.15) is 0 Å².